The lowest BCUT2D eigenvalue weighted by molar-refractivity contribution is 0.203. The molecule has 0 unspecified atom stereocenters. The number of nitrogens with one attached hydrogen (secondary N) is 1. The van der Waals surface area contributed by atoms with Crippen LogP contribution in [0.3, 0.4) is 0 Å². The Labute approximate surface area is 88.9 Å². The summed E-state index contributed by atoms with van der Waals surface area (Å²) < 4.78 is 13.7. The number of aliphatic hydroxyl groups excluding tert-OH is 2. The lowest BCUT2D eigenvalue weighted by Gasteiger charge is -2.14. The van der Waals surface area contributed by atoms with Crippen molar-refractivity contribution >= 4 is 21.7 Å². The predicted molar refractivity (Wildman–Crippen MR) is 53.5 cm³/mol. The third-order valence-electron chi connectivity index (χ3n) is 1.59. The molecule has 0 saturated carbocycles. The number of aromatic nitrogens is 1. The van der Waals surface area contributed by atoms with Gasteiger partial charge in [-0.05, 0) is 22.0 Å². The van der Waals surface area contributed by atoms with Crippen LogP contribution in [-0.2, 0) is 0 Å². The number of hydrogen-bond donors (Lipinski definition) is 3. The van der Waals surface area contributed by atoms with Crippen molar-refractivity contribution in [3.8, 4) is 0 Å². The first-order chi connectivity index (χ1) is 6.67. The summed E-state index contributed by atoms with van der Waals surface area (Å²) in [6, 6.07) is 0.652. The van der Waals surface area contributed by atoms with E-state index in [1.165, 1.54) is 12.3 Å². The van der Waals surface area contributed by atoms with Crippen molar-refractivity contribution in [1.29, 1.82) is 0 Å². The number of nitrogens with zero attached hydrogens (tertiary/aromatic N) is 1. The first-order valence-corrected chi connectivity index (χ1v) is 4.76. The van der Waals surface area contributed by atoms with E-state index in [9.17, 15) is 4.39 Å². The Hall–Kier alpha value is -0.720. The molecule has 0 fully saturated rings. The second-order valence-electron chi connectivity index (χ2n) is 2.69. The van der Waals surface area contributed by atoms with E-state index in [0.29, 0.717) is 4.47 Å². The van der Waals surface area contributed by atoms with Crippen molar-refractivity contribution in [3.63, 3.8) is 0 Å². The van der Waals surface area contributed by atoms with Crippen LogP contribution in [0, 0.1) is 5.82 Å². The summed E-state index contributed by atoms with van der Waals surface area (Å²) >= 11 is 3.07. The molecule has 6 heteroatoms. The zero-order valence-electron chi connectivity index (χ0n) is 7.24. The van der Waals surface area contributed by atoms with Gasteiger partial charge in [-0.3, -0.25) is 0 Å². The van der Waals surface area contributed by atoms with Crippen LogP contribution in [0.5, 0.6) is 0 Å². The summed E-state index contributed by atoms with van der Waals surface area (Å²) in [5.74, 6) is -0.521. The molecule has 0 atom stereocenters. The Morgan fingerprint density at radius 2 is 2.14 bits per heavy atom. The van der Waals surface area contributed by atoms with Crippen LogP contribution in [0.1, 0.15) is 0 Å². The monoisotopic (exact) mass is 264 g/mol. The number of pyridine rings is 1. The van der Waals surface area contributed by atoms with Crippen LogP contribution in [0.2, 0.25) is 0 Å². The third-order valence-corrected chi connectivity index (χ3v) is 2.02. The van der Waals surface area contributed by atoms with Crippen molar-refractivity contribution in [3.05, 3.63) is 22.6 Å². The largest absolute Gasteiger partial charge is 0.394 e. The van der Waals surface area contributed by atoms with Crippen LogP contribution in [-0.4, -0.2) is 34.5 Å². The molecule has 0 spiro atoms. The minimum atomic E-state index is -0.599. The maximum absolute atomic E-state index is 13.2. The number of halogens is 2. The van der Waals surface area contributed by atoms with E-state index in [0.717, 1.165) is 0 Å². The number of anilines is 1. The van der Waals surface area contributed by atoms with Crippen molar-refractivity contribution in [2.45, 2.75) is 6.04 Å². The SMILES string of the molecule is OCC(CO)Nc1ncc(Br)cc1F. The van der Waals surface area contributed by atoms with Gasteiger partial charge in [0.05, 0.1) is 19.3 Å². The second-order valence-corrected chi connectivity index (χ2v) is 3.61. The van der Waals surface area contributed by atoms with E-state index in [4.69, 9.17) is 10.2 Å². The van der Waals surface area contributed by atoms with Gasteiger partial charge in [0.1, 0.15) is 0 Å². The van der Waals surface area contributed by atoms with E-state index in [1.807, 2.05) is 0 Å². The fourth-order valence-electron chi connectivity index (χ4n) is 0.863. The molecule has 1 aromatic heterocycles. The summed E-state index contributed by atoms with van der Waals surface area (Å²) in [5.41, 5.74) is 0. The van der Waals surface area contributed by atoms with Crippen LogP contribution < -0.4 is 5.32 Å². The molecule has 1 heterocycles. The Kier molecular flexibility index (Phi) is 4.24. The average molecular weight is 265 g/mol. The van der Waals surface area contributed by atoms with Gasteiger partial charge in [-0.1, -0.05) is 0 Å². The van der Waals surface area contributed by atoms with E-state index < -0.39 is 11.9 Å². The van der Waals surface area contributed by atoms with E-state index in [2.05, 4.69) is 26.2 Å². The molecule has 0 aliphatic rings. The molecule has 78 valence electrons. The summed E-state index contributed by atoms with van der Waals surface area (Å²) in [5, 5.41) is 20.1. The molecule has 0 amide bonds. The van der Waals surface area contributed by atoms with Crippen LogP contribution in [0.15, 0.2) is 16.7 Å². The molecular formula is C8H10BrFN2O2. The van der Waals surface area contributed by atoms with Gasteiger partial charge < -0.3 is 15.5 Å². The molecule has 1 aromatic rings. The van der Waals surface area contributed by atoms with Gasteiger partial charge in [-0.15, -0.1) is 0 Å². The standard InChI is InChI=1S/C8H10BrFN2O2/c9-5-1-7(10)8(11-2-5)12-6(3-13)4-14/h1-2,6,13-14H,3-4H2,(H,11,12). The Morgan fingerprint density at radius 3 is 2.64 bits per heavy atom. The normalized spacial score (nSPS) is 10.6. The van der Waals surface area contributed by atoms with Crippen molar-refractivity contribution in [2.75, 3.05) is 18.5 Å². The first-order valence-electron chi connectivity index (χ1n) is 3.96. The third kappa shape index (κ3) is 2.90. The molecular weight excluding hydrogens is 255 g/mol. The quantitative estimate of drug-likeness (QED) is 0.751. The van der Waals surface area contributed by atoms with Crippen LogP contribution in [0.4, 0.5) is 10.2 Å². The summed E-state index contributed by atoms with van der Waals surface area (Å²) in [6.07, 6.45) is 1.43. The topological polar surface area (TPSA) is 65.4 Å². The highest BCUT2D eigenvalue weighted by Gasteiger charge is 2.10. The molecule has 0 aliphatic heterocycles. The van der Waals surface area contributed by atoms with Gasteiger partial charge in [-0.2, -0.15) is 0 Å². The summed E-state index contributed by atoms with van der Waals surface area (Å²) in [7, 11) is 0. The minimum Gasteiger partial charge on any atom is -0.394 e. The Bertz CT molecular complexity index is 307. The van der Waals surface area contributed by atoms with Gasteiger partial charge in [0.25, 0.3) is 0 Å². The van der Waals surface area contributed by atoms with Gasteiger partial charge in [-0.25, -0.2) is 9.37 Å². The highest BCUT2D eigenvalue weighted by Crippen LogP contribution is 2.16. The predicted octanol–water partition coefficient (Wildman–Crippen LogP) is 0.748. The Balaban J connectivity index is 2.76. The maximum Gasteiger partial charge on any atom is 0.166 e. The molecule has 0 saturated heterocycles. The summed E-state index contributed by atoms with van der Waals surface area (Å²) in [6.45, 7) is -0.568. The van der Waals surface area contributed by atoms with Gasteiger partial charge in [0.15, 0.2) is 11.6 Å². The van der Waals surface area contributed by atoms with Gasteiger partial charge >= 0.3 is 0 Å². The number of aliphatic hydroxyl groups is 2. The molecule has 4 nitrogen and oxygen atoms in total. The first kappa shape index (κ1) is 11.4. The fourth-order valence-corrected chi connectivity index (χ4v) is 1.17. The zero-order chi connectivity index (χ0) is 10.6. The van der Waals surface area contributed by atoms with E-state index in [-0.39, 0.29) is 19.0 Å². The highest BCUT2D eigenvalue weighted by molar-refractivity contribution is 9.10. The number of rotatable bonds is 4. The van der Waals surface area contributed by atoms with Crippen LogP contribution >= 0.6 is 15.9 Å². The number of hydrogen-bond acceptors (Lipinski definition) is 4. The Morgan fingerprint density at radius 1 is 1.50 bits per heavy atom. The van der Waals surface area contributed by atoms with Gasteiger partial charge in [0, 0.05) is 10.7 Å². The lowest BCUT2D eigenvalue weighted by Crippen LogP contribution is -2.28. The maximum atomic E-state index is 13.2. The van der Waals surface area contributed by atoms with E-state index >= 15 is 0 Å². The molecule has 0 bridgehead atoms. The average Bonchev–Trinajstić information content (AvgIpc) is 2.17. The highest BCUT2D eigenvalue weighted by atomic mass is 79.9. The molecule has 0 aromatic carbocycles. The lowest BCUT2D eigenvalue weighted by atomic mass is 10.3. The molecule has 0 aliphatic carbocycles. The molecule has 3 N–H and O–H groups in total. The van der Waals surface area contributed by atoms with E-state index in [1.54, 1.807) is 0 Å². The zero-order valence-corrected chi connectivity index (χ0v) is 8.83. The van der Waals surface area contributed by atoms with Crippen molar-refractivity contribution in [2.24, 2.45) is 0 Å². The summed E-state index contributed by atoms with van der Waals surface area (Å²) in [4.78, 5) is 3.76. The van der Waals surface area contributed by atoms with Crippen molar-refractivity contribution < 1.29 is 14.6 Å². The minimum absolute atomic E-state index is 0.0151. The van der Waals surface area contributed by atoms with Crippen LogP contribution in [0.25, 0.3) is 0 Å². The fraction of sp³-hybridized carbons (Fsp3) is 0.375. The van der Waals surface area contributed by atoms with Crippen molar-refractivity contribution in [1.82, 2.24) is 4.98 Å². The smallest absolute Gasteiger partial charge is 0.166 e. The van der Waals surface area contributed by atoms with Gasteiger partial charge in [0.2, 0.25) is 0 Å². The second kappa shape index (κ2) is 5.23. The molecule has 1 rings (SSSR count). The molecule has 14 heavy (non-hydrogen) atoms. The molecule has 0 radical (unpaired) electrons.